The summed E-state index contributed by atoms with van der Waals surface area (Å²) in [6, 6.07) is 8.71. The largest absolute Gasteiger partial charge is 0.309 e. The number of nitrogens with zero attached hydrogens (tertiary/aromatic N) is 5. The molecule has 0 saturated carbocycles. The van der Waals surface area contributed by atoms with E-state index in [9.17, 15) is 9.59 Å². The van der Waals surface area contributed by atoms with Crippen LogP contribution in [0.5, 0.6) is 0 Å². The third-order valence-electron chi connectivity index (χ3n) is 3.35. The highest BCUT2D eigenvalue weighted by Crippen LogP contribution is 2.12. The topological polar surface area (TPSA) is 94.7 Å². The second-order valence-corrected chi connectivity index (χ2v) is 5.37. The Hall–Kier alpha value is -3.03. The minimum absolute atomic E-state index is 0.114. The molecule has 23 heavy (non-hydrogen) atoms. The lowest BCUT2D eigenvalue weighted by Crippen LogP contribution is -2.31. The predicted octanol–water partition coefficient (Wildman–Crippen LogP) is 1.21. The van der Waals surface area contributed by atoms with Crippen LogP contribution in [0.1, 0.15) is 19.9 Å². The molecule has 2 aromatic heterocycles. The van der Waals surface area contributed by atoms with E-state index < -0.39 is 0 Å². The van der Waals surface area contributed by atoms with E-state index in [2.05, 4.69) is 20.7 Å². The Morgan fingerprint density at radius 1 is 1.26 bits per heavy atom. The van der Waals surface area contributed by atoms with Gasteiger partial charge in [0.2, 0.25) is 5.91 Å². The molecular weight excluding hydrogens is 296 g/mol. The second kappa shape index (κ2) is 5.99. The first-order chi connectivity index (χ1) is 11.1. The summed E-state index contributed by atoms with van der Waals surface area (Å²) in [5.74, 6) is 0.214. The van der Waals surface area contributed by atoms with Crippen LogP contribution >= 0.6 is 0 Å². The van der Waals surface area contributed by atoms with Crippen molar-refractivity contribution in [2.24, 2.45) is 0 Å². The van der Waals surface area contributed by atoms with Gasteiger partial charge in [-0.15, -0.1) is 5.10 Å². The number of rotatable bonds is 4. The number of carbonyl (C=O) groups excluding carboxylic acids is 1. The number of anilines is 1. The fourth-order valence-corrected chi connectivity index (χ4v) is 2.27. The maximum Gasteiger partial charge on any atom is 0.278 e. The third-order valence-corrected chi connectivity index (χ3v) is 3.35. The maximum absolute atomic E-state index is 12.3. The van der Waals surface area contributed by atoms with E-state index in [4.69, 9.17) is 0 Å². The van der Waals surface area contributed by atoms with E-state index in [1.807, 2.05) is 13.8 Å². The van der Waals surface area contributed by atoms with Crippen LogP contribution in [-0.2, 0) is 11.3 Å². The Morgan fingerprint density at radius 3 is 2.83 bits per heavy atom. The Bertz CT molecular complexity index is 911. The van der Waals surface area contributed by atoms with Gasteiger partial charge in [0.25, 0.3) is 5.56 Å². The van der Waals surface area contributed by atoms with Gasteiger partial charge in [0, 0.05) is 12.1 Å². The molecule has 1 N–H and O–H groups in total. The lowest BCUT2D eigenvalue weighted by atomic mass is 10.2. The van der Waals surface area contributed by atoms with Crippen molar-refractivity contribution in [3.05, 3.63) is 46.9 Å². The fraction of sp³-hybridized carbons (Fsp3) is 0.267. The van der Waals surface area contributed by atoms with Crippen LogP contribution in [0.4, 0.5) is 5.82 Å². The molecule has 0 aliphatic rings. The van der Waals surface area contributed by atoms with Crippen LogP contribution in [0.3, 0.4) is 0 Å². The Morgan fingerprint density at radius 2 is 2.04 bits per heavy atom. The molecule has 0 atom stereocenters. The van der Waals surface area contributed by atoms with E-state index in [1.54, 1.807) is 41.2 Å². The highest BCUT2D eigenvalue weighted by atomic mass is 16.2. The zero-order valence-electron chi connectivity index (χ0n) is 12.8. The average molecular weight is 312 g/mol. The molecule has 3 rings (SSSR count). The first kappa shape index (κ1) is 14.9. The number of hydrogen-bond donors (Lipinski definition) is 1. The highest BCUT2D eigenvalue weighted by molar-refractivity contribution is 5.89. The van der Waals surface area contributed by atoms with E-state index in [0.717, 1.165) is 4.68 Å². The summed E-state index contributed by atoms with van der Waals surface area (Å²) in [5, 5.41) is 15.1. The van der Waals surface area contributed by atoms with E-state index in [0.29, 0.717) is 16.7 Å². The molecule has 1 amide bonds. The van der Waals surface area contributed by atoms with Gasteiger partial charge in [-0.2, -0.15) is 5.10 Å². The van der Waals surface area contributed by atoms with Crippen molar-refractivity contribution < 1.29 is 4.79 Å². The van der Waals surface area contributed by atoms with Crippen molar-refractivity contribution in [3.8, 4) is 0 Å². The lowest BCUT2D eigenvalue weighted by Gasteiger charge is -2.12. The molecule has 118 valence electrons. The Labute approximate surface area is 131 Å². The van der Waals surface area contributed by atoms with Crippen molar-refractivity contribution in [1.82, 2.24) is 24.8 Å². The summed E-state index contributed by atoms with van der Waals surface area (Å²) >= 11 is 0. The molecule has 0 aliphatic heterocycles. The van der Waals surface area contributed by atoms with Crippen molar-refractivity contribution in [3.63, 3.8) is 0 Å². The second-order valence-electron chi connectivity index (χ2n) is 5.37. The zero-order valence-corrected chi connectivity index (χ0v) is 12.8. The molecule has 0 spiro atoms. The van der Waals surface area contributed by atoms with Crippen molar-refractivity contribution in [1.29, 1.82) is 0 Å². The number of amides is 1. The van der Waals surface area contributed by atoms with Crippen molar-refractivity contribution in [2.75, 3.05) is 5.32 Å². The molecule has 2 heterocycles. The molecular formula is C15H16N6O2. The molecule has 1 aromatic carbocycles. The molecule has 0 fully saturated rings. The quantitative estimate of drug-likeness (QED) is 0.781. The number of carbonyl (C=O) groups is 1. The highest BCUT2D eigenvalue weighted by Gasteiger charge is 2.12. The Balaban J connectivity index is 1.82. The van der Waals surface area contributed by atoms with E-state index in [-0.39, 0.29) is 24.1 Å². The van der Waals surface area contributed by atoms with E-state index in [1.165, 1.54) is 0 Å². The molecule has 0 unspecified atom stereocenters. The predicted molar refractivity (Wildman–Crippen MR) is 85.0 cm³/mol. The first-order valence-corrected chi connectivity index (χ1v) is 7.22. The number of hydrogen-bond acceptors (Lipinski definition) is 5. The van der Waals surface area contributed by atoms with Crippen LogP contribution in [0.15, 0.2) is 41.3 Å². The van der Waals surface area contributed by atoms with Crippen molar-refractivity contribution >= 4 is 22.6 Å². The van der Waals surface area contributed by atoms with Gasteiger partial charge >= 0.3 is 0 Å². The number of benzene rings is 1. The summed E-state index contributed by atoms with van der Waals surface area (Å²) in [4.78, 5) is 24.5. The molecule has 3 aromatic rings. The normalized spacial score (nSPS) is 11.1. The minimum Gasteiger partial charge on any atom is -0.309 e. The number of nitrogens with one attached hydrogen (secondary N) is 1. The maximum atomic E-state index is 12.3. The smallest absolute Gasteiger partial charge is 0.278 e. The van der Waals surface area contributed by atoms with Gasteiger partial charge in [-0.05, 0) is 26.0 Å². The SMILES string of the molecule is CC(C)n1nccc1NC(=O)Cn1nnc2ccccc2c1=O. The van der Waals surface area contributed by atoms with E-state index >= 15 is 0 Å². The zero-order chi connectivity index (χ0) is 16.4. The summed E-state index contributed by atoms with van der Waals surface area (Å²) in [5.41, 5.74) is 0.162. The lowest BCUT2D eigenvalue weighted by molar-refractivity contribution is -0.117. The first-order valence-electron chi connectivity index (χ1n) is 7.22. The molecule has 8 nitrogen and oxygen atoms in total. The Kier molecular flexibility index (Phi) is 3.88. The molecule has 0 saturated heterocycles. The van der Waals surface area contributed by atoms with Gasteiger partial charge in [0.05, 0.1) is 11.6 Å². The summed E-state index contributed by atoms with van der Waals surface area (Å²) in [7, 11) is 0. The minimum atomic E-state index is -0.362. The monoisotopic (exact) mass is 312 g/mol. The fourth-order valence-electron chi connectivity index (χ4n) is 2.27. The number of aromatic nitrogens is 5. The van der Waals surface area contributed by atoms with Gasteiger partial charge in [-0.3, -0.25) is 9.59 Å². The van der Waals surface area contributed by atoms with Gasteiger partial charge in [-0.1, -0.05) is 17.3 Å². The van der Waals surface area contributed by atoms with Gasteiger partial charge in [0.15, 0.2) is 0 Å². The summed E-state index contributed by atoms with van der Waals surface area (Å²) < 4.78 is 2.74. The van der Waals surface area contributed by atoms with Gasteiger partial charge in [0.1, 0.15) is 17.9 Å². The van der Waals surface area contributed by atoms with Crippen LogP contribution < -0.4 is 10.9 Å². The molecule has 0 radical (unpaired) electrons. The van der Waals surface area contributed by atoms with Gasteiger partial charge in [-0.25, -0.2) is 9.36 Å². The van der Waals surface area contributed by atoms with Gasteiger partial charge < -0.3 is 5.32 Å². The third kappa shape index (κ3) is 2.96. The summed E-state index contributed by atoms with van der Waals surface area (Å²) in [6.07, 6.45) is 1.61. The van der Waals surface area contributed by atoms with Crippen LogP contribution in [0.25, 0.3) is 10.9 Å². The summed E-state index contributed by atoms with van der Waals surface area (Å²) in [6.45, 7) is 3.71. The van der Waals surface area contributed by atoms with Crippen LogP contribution in [0.2, 0.25) is 0 Å². The standard InChI is InChI=1S/C15H16N6O2/c1-10(2)21-13(7-8-16-21)17-14(22)9-20-15(23)11-5-3-4-6-12(11)18-19-20/h3-8,10H,9H2,1-2H3,(H,17,22). The van der Waals surface area contributed by atoms with Crippen LogP contribution in [-0.4, -0.2) is 30.7 Å². The molecule has 0 bridgehead atoms. The van der Waals surface area contributed by atoms with Crippen molar-refractivity contribution in [2.45, 2.75) is 26.4 Å². The van der Waals surface area contributed by atoms with Crippen LogP contribution in [0, 0.1) is 0 Å². The molecule has 8 heteroatoms. The number of fused-ring (bicyclic) bond motifs is 1. The average Bonchev–Trinajstić information content (AvgIpc) is 2.98. The molecule has 0 aliphatic carbocycles.